The Balaban J connectivity index is 1.34. The minimum Gasteiger partial charge on any atom is -0.343 e. The molecule has 1 aromatic carbocycles. The van der Waals surface area contributed by atoms with Crippen molar-refractivity contribution in [3.05, 3.63) is 48.0 Å². The van der Waals surface area contributed by atoms with Gasteiger partial charge in [-0.1, -0.05) is 25.5 Å². The monoisotopic (exact) mass is 414 g/mol. The molecule has 3 heterocycles. The molecule has 1 amide bonds. The van der Waals surface area contributed by atoms with E-state index in [-0.39, 0.29) is 30.0 Å². The Morgan fingerprint density at radius 2 is 2.07 bits per heavy atom. The molecule has 1 fully saturated rings. The Hall–Kier alpha value is -2.61. The van der Waals surface area contributed by atoms with Gasteiger partial charge in [-0.05, 0) is 37.5 Å². The van der Waals surface area contributed by atoms with Crippen LogP contribution in [0, 0.1) is 5.82 Å². The predicted molar refractivity (Wildman–Crippen MR) is 114 cm³/mol. The van der Waals surface area contributed by atoms with Gasteiger partial charge in [0, 0.05) is 38.3 Å². The minimum atomic E-state index is -0.220. The van der Waals surface area contributed by atoms with E-state index in [1.165, 1.54) is 12.1 Å². The van der Waals surface area contributed by atoms with Crippen molar-refractivity contribution in [2.75, 3.05) is 13.1 Å². The summed E-state index contributed by atoms with van der Waals surface area (Å²) in [5.74, 6) is 0.876. The molecule has 8 heteroatoms. The molecule has 1 aromatic rings. The molecular formula is C22H31FN6O. The summed E-state index contributed by atoms with van der Waals surface area (Å²) in [5, 5.41) is 6.64. The summed E-state index contributed by atoms with van der Waals surface area (Å²) in [4.78, 5) is 16.7. The molecule has 0 spiro atoms. The summed E-state index contributed by atoms with van der Waals surface area (Å²) >= 11 is 0. The number of nitrogens with one attached hydrogen (secondary N) is 2. The van der Waals surface area contributed by atoms with Crippen molar-refractivity contribution < 1.29 is 9.18 Å². The third-order valence-electron chi connectivity index (χ3n) is 6.17. The summed E-state index contributed by atoms with van der Waals surface area (Å²) in [6.07, 6.45) is 8.17. The van der Waals surface area contributed by atoms with Crippen molar-refractivity contribution in [3.8, 4) is 0 Å². The number of amidine groups is 1. The lowest BCUT2D eigenvalue weighted by Gasteiger charge is -2.37. The zero-order valence-electron chi connectivity index (χ0n) is 17.7. The zero-order valence-corrected chi connectivity index (χ0v) is 17.7. The first-order valence-corrected chi connectivity index (χ1v) is 11.0. The number of carbonyl (C=O) groups excluding carboxylic acids is 1. The van der Waals surface area contributed by atoms with E-state index < -0.39 is 0 Å². The van der Waals surface area contributed by atoms with Crippen molar-refractivity contribution in [2.24, 2.45) is 5.10 Å². The van der Waals surface area contributed by atoms with E-state index in [4.69, 9.17) is 0 Å². The fourth-order valence-electron chi connectivity index (χ4n) is 4.41. The SMILES string of the molecule is CCCCN(CC)C(=O)CCC1=NNC2C3CC(c4ccc(F)cc4)NN3C=CN12. The molecule has 0 aliphatic carbocycles. The number of halogens is 1. The zero-order chi connectivity index (χ0) is 21.1. The van der Waals surface area contributed by atoms with E-state index in [2.05, 4.69) is 32.8 Å². The van der Waals surface area contributed by atoms with Crippen LogP contribution in [0.1, 0.15) is 57.6 Å². The summed E-state index contributed by atoms with van der Waals surface area (Å²) in [6.45, 7) is 5.76. The smallest absolute Gasteiger partial charge is 0.223 e. The molecule has 0 aromatic heterocycles. The Kier molecular flexibility index (Phi) is 6.22. The fourth-order valence-corrected chi connectivity index (χ4v) is 4.41. The van der Waals surface area contributed by atoms with Gasteiger partial charge in [-0.2, -0.15) is 5.10 Å². The molecule has 3 atom stereocenters. The lowest BCUT2D eigenvalue weighted by molar-refractivity contribution is -0.130. The van der Waals surface area contributed by atoms with Crippen LogP contribution in [0.2, 0.25) is 0 Å². The van der Waals surface area contributed by atoms with Gasteiger partial charge in [-0.15, -0.1) is 0 Å². The molecule has 2 N–H and O–H groups in total. The highest BCUT2D eigenvalue weighted by Crippen LogP contribution is 2.34. The quantitative estimate of drug-likeness (QED) is 0.685. The molecule has 3 unspecified atom stereocenters. The highest BCUT2D eigenvalue weighted by molar-refractivity contribution is 5.89. The summed E-state index contributed by atoms with van der Waals surface area (Å²) in [5.41, 5.74) is 7.82. The van der Waals surface area contributed by atoms with E-state index in [9.17, 15) is 9.18 Å². The van der Waals surface area contributed by atoms with Crippen LogP contribution in [0.5, 0.6) is 0 Å². The van der Waals surface area contributed by atoms with E-state index in [1.54, 1.807) is 0 Å². The number of benzene rings is 1. The van der Waals surface area contributed by atoms with E-state index in [0.717, 1.165) is 43.8 Å². The van der Waals surface area contributed by atoms with Gasteiger partial charge in [0.05, 0.1) is 12.1 Å². The molecule has 30 heavy (non-hydrogen) atoms. The minimum absolute atomic E-state index is 0.0282. The van der Waals surface area contributed by atoms with Crippen LogP contribution in [0.15, 0.2) is 41.8 Å². The van der Waals surface area contributed by atoms with Crippen molar-refractivity contribution in [3.63, 3.8) is 0 Å². The topological polar surface area (TPSA) is 63.2 Å². The van der Waals surface area contributed by atoms with Crippen molar-refractivity contribution in [1.82, 2.24) is 25.7 Å². The van der Waals surface area contributed by atoms with Gasteiger partial charge in [0.25, 0.3) is 0 Å². The molecule has 3 aliphatic heterocycles. The molecule has 1 saturated heterocycles. The van der Waals surface area contributed by atoms with Gasteiger partial charge in [0.2, 0.25) is 5.91 Å². The molecule has 162 valence electrons. The number of fused-ring (bicyclic) bond motifs is 3. The van der Waals surface area contributed by atoms with Crippen LogP contribution in [0.3, 0.4) is 0 Å². The van der Waals surface area contributed by atoms with Gasteiger partial charge in [-0.25, -0.2) is 9.82 Å². The van der Waals surface area contributed by atoms with Crippen molar-refractivity contribution in [1.29, 1.82) is 0 Å². The highest BCUT2D eigenvalue weighted by atomic mass is 19.1. The molecule has 0 saturated carbocycles. The first-order chi connectivity index (χ1) is 14.6. The normalized spacial score (nSPS) is 24.4. The van der Waals surface area contributed by atoms with E-state index in [1.807, 2.05) is 36.4 Å². The van der Waals surface area contributed by atoms with Crippen LogP contribution in [0.25, 0.3) is 0 Å². The Morgan fingerprint density at radius 3 is 2.80 bits per heavy atom. The largest absolute Gasteiger partial charge is 0.343 e. The Labute approximate surface area is 177 Å². The highest BCUT2D eigenvalue weighted by Gasteiger charge is 2.44. The first-order valence-electron chi connectivity index (χ1n) is 11.0. The van der Waals surface area contributed by atoms with Gasteiger partial charge in [0.1, 0.15) is 17.8 Å². The second-order valence-electron chi connectivity index (χ2n) is 8.08. The van der Waals surface area contributed by atoms with Crippen LogP contribution in [0.4, 0.5) is 4.39 Å². The predicted octanol–water partition coefficient (Wildman–Crippen LogP) is 2.90. The molecule has 7 nitrogen and oxygen atoms in total. The van der Waals surface area contributed by atoms with Crippen LogP contribution >= 0.6 is 0 Å². The van der Waals surface area contributed by atoms with Gasteiger partial charge in [0.15, 0.2) is 0 Å². The number of hydrazone groups is 1. The lowest BCUT2D eigenvalue weighted by Crippen LogP contribution is -2.54. The van der Waals surface area contributed by atoms with Crippen LogP contribution in [-0.2, 0) is 4.79 Å². The molecule has 3 aliphatic rings. The Bertz CT molecular complexity index is 810. The van der Waals surface area contributed by atoms with E-state index in [0.29, 0.717) is 12.8 Å². The second kappa shape index (κ2) is 9.04. The summed E-state index contributed by atoms with van der Waals surface area (Å²) in [6, 6.07) is 7.00. The average molecular weight is 415 g/mol. The first kappa shape index (κ1) is 20.7. The second-order valence-corrected chi connectivity index (χ2v) is 8.08. The number of rotatable bonds is 8. The maximum atomic E-state index is 13.3. The number of carbonyl (C=O) groups is 1. The maximum absolute atomic E-state index is 13.3. The van der Waals surface area contributed by atoms with Gasteiger partial charge in [-0.3, -0.25) is 10.2 Å². The number of hydrazine groups is 1. The third kappa shape index (κ3) is 4.14. The third-order valence-corrected chi connectivity index (χ3v) is 6.17. The standard InChI is InChI=1S/C22H31FN6O/c1-3-5-12-27(4-2)21(30)11-10-20-24-25-22-19-15-18(16-6-8-17(23)9-7-16)26-29(19)14-13-28(20)22/h6-9,13-14,18-19,22,25-26H,3-5,10-12,15H2,1-2H3. The van der Waals surface area contributed by atoms with Crippen LogP contribution < -0.4 is 10.9 Å². The summed E-state index contributed by atoms with van der Waals surface area (Å²) in [7, 11) is 0. The van der Waals surface area contributed by atoms with Crippen molar-refractivity contribution >= 4 is 11.7 Å². The number of nitrogens with zero attached hydrogens (tertiary/aromatic N) is 4. The number of hydrogen-bond donors (Lipinski definition) is 2. The number of unbranched alkanes of at least 4 members (excludes halogenated alkanes) is 1. The molecular weight excluding hydrogens is 383 g/mol. The molecule has 0 radical (unpaired) electrons. The number of amides is 1. The molecule has 4 rings (SSSR count). The van der Waals surface area contributed by atoms with E-state index >= 15 is 0 Å². The average Bonchev–Trinajstić information content (AvgIpc) is 3.37. The fraction of sp³-hybridized carbons (Fsp3) is 0.545. The van der Waals surface area contributed by atoms with Gasteiger partial charge >= 0.3 is 0 Å². The summed E-state index contributed by atoms with van der Waals surface area (Å²) < 4.78 is 13.3. The van der Waals surface area contributed by atoms with Crippen molar-refractivity contribution in [2.45, 2.75) is 64.2 Å². The maximum Gasteiger partial charge on any atom is 0.223 e. The Morgan fingerprint density at radius 1 is 1.27 bits per heavy atom. The molecule has 0 bridgehead atoms. The lowest BCUT2D eigenvalue weighted by atomic mass is 9.99. The number of hydrogen-bond acceptors (Lipinski definition) is 6. The van der Waals surface area contributed by atoms with Gasteiger partial charge < -0.3 is 14.8 Å². The van der Waals surface area contributed by atoms with Crippen LogP contribution in [-0.4, -0.2) is 51.8 Å².